The van der Waals surface area contributed by atoms with Crippen molar-refractivity contribution in [1.29, 1.82) is 0 Å². The van der Waals surface area contributed by atoms with E-state index in [1.807, 2.05) is 41.3 Å². The SMILES string of the molecule is Cl.Cl.O=C(CC1NCc2ccccc21)N[C@H](Cc1ccc(Cl)cc1)C(=O)N1CCN(C(CN2CCCS2(=O)=O)C2CCCCC2)CC1. The minimum Gasteiger partial charge on any atom is -0.344 e. The molecule has 2 N–H and O–H groups in total. The number of nitrogens with zero attached hydrogens (tertiary/aromatic N) is 3. The molecule has 0 spiro atoms. The molecule has 13 heteroatoms. The largest absolute Gasteiger partial charge is 0.344 e. The second-order valence-electron chi connectivity index (χ2n) is 13.1. The van der Waals surface area contributed by atoms with E-state index in [-0.39, 0.29) is 60.9 Å². The molecule has 260 valence electrons. The number of rotatable bonds is 10. The van der Waals surface area contributed by atoms with E-state index in [9.17, 15) is 18.0 Å². The van der Waals surface area contributed by atoms with Crippen LogP contribution < -0.4 is 10.6 Å². The van der Waals surface area contributed by atoms with Crippen molar-refractivity contribution in [2.45, 2.75) is 76.0 Å². The van der Waals surface area contributed by atoms with Gasteiger partial charge < -0.3 is 15.5 Å². The van der Waals surface area contributed by atoms with Gasteiger partial charge in [0.1, 0.15) is 6.04 Å². The Hall–Kier alpha value is -1.92. The lowest BCUT2D eigenvalue weighted by Crippen LogP contribution is -2.59. The lowest BCUT2D eigenvalue weighted by molar-refractivity contribution is -0.138. The summed E-state index contributed by atoms with van der Waals surface area (Å²) in [5, 5.41) is 7.14. The molecule has 47 heavy (non-hydrogen) atoms. The molecule has 1 aliphatic carbocycles. The highest BCUT2D eigenvalue weighted by Gasteiger charge is 2.38. The zero-order valence-corrected chi connectivity index (χ0v) is 30.0. The van der Waals surface area contributed by atoms with Gasteiger partial charge >= 0.3 is 0 Å². The fraction of sp³-hybridized carbons (Fsp3) is 0.588. The highest BCUT2D eigenvalue weighted by atomic mass is 35.5. The predicted octanol–water partition coefficient (Wildman–Crippen LogP) is 4.57. The van der Waals surface area contributed by atoms with Crippen LogP contribution in [0.3, 0.4) is 0 Å². The Bertz CT molecular complexity index is 1450. The maximum atomic E-state index is 14.0. The molecule has 2 aromatic rings. The predicted molar refractivity (Wildman–Crippen MR) is 191 cm³/mol. The maximum absolute atomic E-state index is 14.0. The highest BCUT2D eigenvalue weighted by Crippen LogP contribution is 2.32. The van der Waals surface area contributed by atoms with Crippen LogP contribution in [0.1, 0.15) is 67.7 Å². The fourth-order valence-electron chi connectivity index (χ4n) is 7.74. The van der Waals surface area contributed by atoms with Gasteiger partial charge in [0.15, 0.2) is 0 Å². The highest BCUT2D eigenvalue weighted by molar-refractivity contribution is 7.89. The summed E-state index contributed by atoms with van der Waals surface area (Å²) in [6, 6.07) is 15.0. The summed E-state index contributed by atoms with van der Waals surface area (Å²) < 4.78 is 27.1. The van der Waals surface area contributed by atoms with Crippen molar-refractivity contribution < 1.29 is 18.0 Å². The zero-order chi connectivity index (χ0) is 31.4. The quantitative estimate of drug-likeness (QED) is 0.372. The Morgan fingerprint density at radius 3 is 2.30 bits per heavy atom. The van der Waals surface area contributed by atoms with Crippen molar-refractivity contribution >= 4 is 58.3 Å². The van der Waals surface area contributed by atoms with Gasteiger partial charge in [-0.05, 0) is 54.0 Å². The summed E-state index contributed by atoms with van der Waals surface area (Å²) in [5.41, 5.74) is 3.28. The molecule has 1 saturated carbocycles. The van der Waals surface area contributed by atoms with Gasteiger partial charge in [0, 0.05) is 75.8 Å². The molecule has 3 fully saturated rings. The fourth-order valence-corrected chi connectivity index (χ4v) is 9.40. The first-order valence-corrected chi connectivity index (χ1v) is 18.6. The van der Waals surface area contributed by atoms with Gasteiger partial charge in [-0.15, -0.1) is 24.8 Å². The molecule has 0 aromatic heterocycles. The topological polar surface area (TPSA) is 102 Å². The number of amides is 2. The smallest absolute Gasteiger partial charge is 0.245 e. The van der Waals surface area contributed by atoms with E-state index in [0.29, 0.717) is 63.1 Å². The monoisotopic (exact) mass is 727 g/mol. The summed E-state index contributed by atoms with van der Waals surface area (Å²) in [7, 11) is -3.18. The number of carbonyl (C=O) groups excluding carboxylic acids is 2. The maximum Gasteiger partial charge on any atom is 0.245 e. The third kappa shape index (κ3) is 9.41. The van der Waals surface area contributed by atoms with Crippen LogP contribution in [0.5, 0.6) is 0 Å². The molecule has 3 heterocycles. The molecule has 3 aliphatic heterocycles. The van der Waals surface area contributed by atoms with E-state index in [2.05, 4.69) is 27.7 Å². The average Bonchev–Trinajstić information content (AvgIpc) is 3.62. The van der Waals surface area contributed by atoms with Crippen LogP contribution in [0.15, 0.2) is 48.5 Å². The zero-order valence-electron chi connectivity index (χ0n) is 26.8. The van der Waals surface area contributed by atoms with Crippen LogP contribution >= 0.6 is 36.4 Å². The molecule has 0 radical (unpaired) electrons. The van der Waals surface area contributed by atoms with E-state index in [4.69, 9.17) is 11.6 Å². The molecular formula is C34H48Cl3N5O4S. The number of piperazine rings is 1. The van der Waals surface area contributed by atoms with Crippen LogP contribution in [0.4, 0.5) is 0 Å². The van der Waals surface area contributed by atoms with Crippen molar-refractivity contribution in [2.75, 3.05) is 45.0 Å². The Morgan fingerprint density at radius 1 is 0.915 bits per heavy atom. The standard InChI is InChI=1S/C34H46ClN5O4S.2ClH/c35-28-13-11-25(12-14-28)21-31(37-33(41)22-30-29-10-5-4-9-27(29)23-36-30)34(42)39-18-16-38(17-19-39)32(26-7-2-1-3-8-26)24-40-15-6-20-45(40,43)44;;/h4-5,9-14,26,30-32,36H,1-3,6-8,15-24H2,(H,37,41);2*1H/t30?,31-,32?;;/m1../s1. The Balaban J connectivity index is 0.00000250. The summed E-state index contributed by atoms with van der Waals surface area (Å²) in [5.74, 6) is 0.493. The molecule has 2 amide bonds. The normalized spacial score (nSPS) is 22.8. The number of halogens is 3. The number of nitrogens with one attached hydrogen (secondary N) is 2. The summed E-state index contributed by atoms with van der Waals surface area (Å²) in [6.07, 6.45) is 7.25. The molecule has 9 nitrogen and oxygen atoms in total. The first kappa shape index (κ1) is 37.9. The van der Waals surface area contributed by atoms with Crippen molar-refractivity contribution in [3.05, 3.63) is 70.2 Å². The number of hydrogen-bond donors (Lipinski definition) is 2. The van der Waals surface area contributed by atoms with Crippen LogP contribution in [0, 0.1) is 5.92 Å². The Labute approximate surface area is 297 Å². The van der Waals surface area contributed by atoms with Crippen LogP contribution in [0.25, 0.3) is 0 Å². The summed E-state index contributed by atoms with van der Waals surface area (Å²) >= 11 is 6.12. The van der Waals surface area contributed by atoms with Crippen LogP contribution in [0.2, 0.25) is 5.02 Å². The lowest BCUT2D eigenvalue weighted by Gasteiger charge is -2.44. The second kappa shape index (κ2) is 17.1. The summed E-state index contributed by atoms with van der Waals surface area (Å²) in [4.78, 5) is 31.7. The van der Waals surface area contributed by atoms with E-state index in [0.717, 1.165) is 30.5 Å². The van der Waals surface area contributed by atoms with Gasteiger partial charge in [0.05, 0.1) is 5.75 Å². The minimum absolute atomic E-state index is 0. The third-order valence-electron chi connectivity index (χ3n) is 10.2. The molecule has 2 aromatic carbocycles. The number of carbonyl (C=O) groups is 2. The molecule has 0 bridgehead atoms. The summed E-state index contributed by atoms with van der Waals surface area (Å²) in [6.45, 7) is 4.40. The molecule has 3 atom stereocenters. The van der Waals surface area contributed by atoms with Crippen molar-refractivity contribution in [2.24, 2.45) is 5.92 Å². The molecule has 2 unspecified atom stereocenters. The van der Waals surface area contributed by atoms with Gasteiger partial charge in [0.2, 0.25) is 21.8 Å². The lowest BCUT2D eigenvalue weighted by atomic mass is 9.83. The molecule has 2 saturated heterocycles. The van der Waals surface area contributed by atoms with E-state index in [1.165, 1.54) is 24.8 Å². The van der Waals surface area contributed by atoms with Gasteiger partial charge in [-0.3, -0.25) is 14.5 Å². The first-order chi connectivity index (χ1) is 21.8. The number of fused-ring (bicyclic) bond motifs is 1. The van der Waals surface area contributed by atoms with Crippen molar-refractivity contribution in [3.8, 4) is 0 Å². The minimum atomic E-state index is -3.18. The second-order valence-corrected chi connectivity index (χ2v) is 15.7. The van der Waals surface area contributed by atoms with Crippen molar-refractivity contribution in [1.82, 2.24) is 24.7 Å². The Morgan fingerprint density at radius 2 is 1.62 bits per heavy atom. The van der Waals surface area contributed by atoms with Gasteiger partial charge in [-0.2, -0.15) is 0 Å². The third-order valence-corrected chi connectivity index (χ3v) is 12.4. The molecular weight excluding hydrogens is 681 g/mol. The van der Waals surface area contributed by atoms with E-state index in [1.54, 1.807) is 4.31 Å². The number of benzene rings is 2. The van der Waals surface area contributed by atoms with Gasteiger partial charge in [-0.25, -0.2) is 12.7 Å². The van der Waals surface area contributed by atoms with E-state index < -0.39 is 16.1 Å². The average molecular weight is 729 g/mol. The Kier molecular flexibility index (Phi) is 13.8. The van der Waals surface area contributed by atoms with Crippen LogP contribution in [-0.4, -0.2) is 91.4 Å². The number of hydrogen-bond acceptors (Lipinski definition) is 6. The molecule has 4 aliphatic rings. The van der Waals surface area contributed by atoms with Gasteiger partial charge in [0.25, 0.3) is 0 Å². The number of sulfonamides is 1. The van der Waals surface area contributed by atoms with Crippen molar-refractivity contribution in [3.63, 3.8) is 0 Å². The van der Waals surface area contributed by atoms with Crippen LogP contribution in [-0.2, 0) is 32.6 Å². The molecule has 6 rings (SSSR count). The van der Waals surface area contributed by atoms with Gasteiger partial charge in [-0.1, -0.05) is 67.3 Å². The van der Waals surface area contributed by atoms with E-state index >= 15 is 0 Å². The first-order valence-electron chi connectivity index (χ1n) is 16.6.